The third-order valence-electron chi connectivity index (χ3n) is 3.15. The first-order valence-corrected chi connectivity index (χ1v) is 6.45. The maximum absolute atomic E-state index is 3.43. The van der Waals surface area contributed by atoms with Gasteiger partial charge in [0.05, 0.1) is 0 Å². The van der Waals surface area contributed by atoms with E-state index in [4.69, 9.17) is 0 Å². The Bertz CT molecular complexity index is 134. The van der Waals surface area contributed by atoms with Gasteiger partial charge in [-0.25, -0.2) is 0 Å². The van der Waals surface area contributed by atoms with Crippen LogP contribution >= 0.6 is 0 Å². The highest BCUT2D eigenvalue weighted by atomic mass is 15.1. The number of hydrogen-bond acceptors (Lipinski definition) is 2. The summed E-state index contributed by atoms with van der Waals surface area (Å²) < 4.78 is 0. The van der Waals surface area contributed by atoms with Crippen molar-refractivity contribution in [2.24, 2.45) is 5.92 Å². The van der Waals surface area contributed by atoms with Crippen molar-refractivity contribution >= 4 is 0 Å². The van der Waals surface area contributed by atoms with Crippen LogP contribution in [0.1, 0.15) is 46.0 Å². The van der Waals surface area contributed by atoms with Crippen LogP contribution < -0.4 is 5.32 Å². The summed E-state index contributed by atoms with van der Waals surface area (Å²) in [6.07, 6.45) is 6.76. The zero-order valence-corrected chi connectivity index (χ0v) is 11.3. The molecule has 0 saturated heterocycles. The zero-order chi connectivity index (χ0) is 11.7. The minimum Gasteiger partial charge on any atom is -0.316 e. The summed E-state index contributed by atoms with van der Waals surface area (Å²) in [7, 11) is 6.38. The van der Waals surface area contributed by atoms with Crippen LogP contribution in [-0.2, 0) is 0 Å². The normalized spacial score (nSPS) is 15.6. The van der Waals surface area contributed by atoms with Crippen molar-refractivity contribution in [1.29, 1.82) is 0 Å². The van der Waals surface area contributed by atoms with Gasteiger partial charge in [-0.1, -0.05) is 39.5 Å². The molecule has 0 radical (unpaired) electrons. The first-order valence-electron chi connectivity index (χ1n) is 6.45. The lowest BCUT2D eigenvalue weighted by molar-refractivity contribution is 0.291. The molecule has 0 aromatic heterocycles. The second kappa shape index (κ2) is 9.17. The second-order valence-corrected chi connectivity index (χ2v) is 4.90. The molecule has 0 aromatic carbocycles. The summed E-state index contributed by atoms with van der Waals surface area (Å²) in [5.74, 6) is 0.905. The Morgan fingerprint density at radius 1 is 1.20 bits per heavy atom. The monoisotopic (exact) mass is 214 g/mol. The topological polar surface area (TPSA) is 15.3 Å². The molecule has 0 fully saturated rings. The highest BCUT2D eigenvalue weighted by Gasteiger charge is 2.13. The Kier molecular flexibility index (Phi) is 9.12. The SMILES string of the molecule is CCCCC(CC)CC(CN(C)C)NC. The van der Waals surface area contributed by atoms with E-state index in [2.05, 4.69) is 45.2 Å². The lowest BCUT2D eigenvalue weighted by atomic mass is 9.92. The first-order chi connectivity index (χ1) is 7.13. The van der Waals surface area contributed by atoms with E-state index >= 15 is 0 Å². The van der Waals surface area contributed by atoms with Crippen molar-refractivity contribution in [1.82, 2.24) is 10.2 Å². The van der Waals surface area contributed by atoms with Crippen molar-refractivity contribution < 1.29 is 0 Å². The predicted molar refractivity (Wildman–Crippen MR) is 69.3 cm³/mol. The summed E-state index contributed by atoms with van der Waals surface area (Å²) >= 11 is 0. The first kappa shape index (κ1) is 14.9. The summed E-state index contributed by atoms with van der Waals surface area (Å²) in [6.45, 7) is 5.75. The number of hydrogen-bond donors (Lipinski definition) is 1. The number of nitrogens with one attached hydrogen (secondary N) is 1. The van der Waals surface area contributed by atoms with Crippen molar-refractivity contribution in [3.63, 3.8) is 0 Å². The van der Waals surface area contributed by atoms with Crippen molar-refractivity contribution in [3.8, 4) is 0 Å². The molecule has 2 nitrogen and oxygen atoms in total. The van der Waals surface area contributed by atoms with Crippen LogP contribution in [0.15, 0.2) is 0 Å². The molecule has 2 heteroatoms. The number of likely N-dealkylation sites (N-methyl/N-ethyl adjacent to an activating group) is 2. The molecule has 15 heavy (non-hydrogen) atoms. The fraction of sp³-hybridized carbons (Fsp3) is 1.00. The van der Waals surface area contributed by atoms with Gasteiger partial charge in [-0.2, -0.15) is 0 Å². The van der Waals surface area contributed by atoms with E-state index in [0.29, 0.717) is 6.04 Å². The fourth-order valence-corrected chi connectivity index (χ4v) is 2.11. The molecule has 0 rings (SSSR count). The minimum absolute atomic E-state index is 0.654. The van der Waals surface area contributed by atoms with Gasteiger partial charge in [-0.05, 0) is 33.5 Å². The van der Waals surface area contributed by atoms with E-state index in [9.17, 15) is 0 Å². The predicted octanol–water partition coefficient (Wildman–Crippen LogP) is 2.74. The average molecular weight is 214 g/mol. The molecule has 2 unspecified atom stereocenters. The fourth-order valence-electron chi connectivity index (χ4n) is 2.11. The summed E-state index contributed by atoms with van der Waals surface area (Å²) in [4.78, 5) is 2.27. The molecule has 0 amide bonds. The van der Waals surface area contributed by atoms with Gasteiger partial charge in [-0.15, -0.1) is 0 Å². The van der Waals surface area contributed by atoms with Crippen LogP contribution in [0, 0.1) is 5.92 Å². The third-order valence-corrected chi connectivity index (χ3v) is 3.15. The van der Waals surface area contributed by atoms with Gasteiger partial charge in [0.2, 0.25) is 0 Å². The van der Waals surface area contributed by atoms with Gasteiger partial charge in [-0.3, -0.25) is 0 Å². The van der Waals surface area contributed by atoms with Crippen molar-refractivity contribution in [3.05, 3.63) is 0 Å². The molecular formula is C13H30N2. The molecule has 92 valence electrons. The molecule has 0 saturated carbocycles. The van der Waals surface area contributed by atoms with Crippen LogP contribution in [-0.4, -0.2) is 38.6 Å². The molecule has 0 aromatic rings. The van der Waals surface area contributed by atoms with Gasteiger partial charge in [0.15, 0.2) is 0 Å². The Hall–Kier alpha value is -0.0800. The smallest absolute Gasteiger partial charge is 0.0194 e. The number of unbranched alkanes of at least 4 members (excludes halogenated alkanes) is 1. The molecule has 0 aliphatic heterocycles. The molecule has 2 atom stereocenters. The Balaban J connectivity index is 3.88. The standard InChI is InChI=1S/C13H30N2/c1-6-8-9-12(7-2)10-13(14-3)11-15(4)5/h12-14H,6-11H2,1-5H3. The Morgan fingerprint density at radius 3 is 2.27 bits per heavy atom. The van der Waals surface area contributed by atoms with Crippen LogP contribution in [0.4, 0.5) is 0 Å². The Morgan fingerprint density at radius 2 is 1.87 bits per heavy atom. The molecular weight excluding hydrogens is 184 g/mol. The lowest BCUT2D eigenvalue weighted by Crippen LogP contribution is -2.37. The van der Waals surface area contributed by atoms with Crippen molar-refractivity contribution in [2.75, 3.05) is 27.7 Å². The van der Waals surface area contributed by atoms with Crippen LogP contribution in [0.3, 0.4) is 0 Å². The maximum Gasteiger partial charge on any atom is 0.0194 e. The highest BCUT2D eigenvalue weighted by Crippen LogP contribution is 2.18. The zero-order valence-electron chi connectivity index (χ0n) is 11.3. The Labute approximate surface area is 96.4 Å². The lowest BCUT2D eigenvalue weighted by Gasteiger charge is -2.25. The average Bonchev–Trinajstić information content (AvgIpc) is 2.21. The number of rotatable bonds is 9. The van der Waals surface area contributed by atoms with Crippen LogP contribution in [0.2, 0.25) is 0 Å². The van der Waals surface area contributed by atoms with Gasteiger partial charge < -0.3 is 10.2 Å². The third kappa shape index (κ3) is 7.80. The summed E-state index contributed by atoms with van der Waals surface area (Å²) in [6, 6.07) is 0.654. The van der Waals surface area contributed by atoms with Gasteiger partial charge in [0, 0.05) is 12.6 Å². The maximum atomic E-state index is 3.43. The van der Waals surface area contributed by atoms with Gasteiger partial charge >= 0.3 is 0 Å². The summed E-state index contributed by atoms with van der Waals surface area (Å²) in [5.41, 5.74) is 0. The van der Waals surface area contributed by atoms with E-state index in [0.717, 1.165) is 12.5 Å². The number of nitrogens with zero attached hydrogens (tertiary/aromatic N) is 1. The summed E-state index contributed by atoms with van der Waals surface area (Å²) in [5, 5.41) is 3.43. The van der Waals surface area contributed by atoms with Crippen LogP contribution in [0.25, 0.3) is 0 Å². The molecule has 0 heterocycles. The van der Waals surface area contributed by atoms with E-state index < -0.39 is 0 Å². The molecule has 0 aliphatic carbocycles. The minimum atomic E-state index is 0.654. The molecule has 0 aliphatic rings. The van der Waals surface area contributed by atoms with E-state index in [1.807, 2.05) is 0 Å². The van der Waals surface area contributed by atoms with E-state index in [1.54, 1.807) is 0 Å². The van der Waals surface area contributed by atoms with Crippen molar-refractivity contribution in [2.45, 2.75) is 52.0 Å². The van der Waals surface area contributed by atoms with E-state index in [-0.39, 0.29) is 0 Å². The van der Waals surface area contributed by atoms with E-state index in [1.165, 1.54) is 32.1 Å². The van der Waals surface area contributed by atoms with Gasteiger partial charge in [0.1, 0.15) is 0 Å². The largest absolute Gasteiger partial charge is 0.316 e. The second-order valence-electron chi connectivity index (χ2n) is 4.90. The van der Waals surface area contributed by atoms with Crippen LogP contribution in [0.5, 0.6) is 0 Å². The molecule has 0 bridgehead atoms. The molecule has 0 spiro atoms. The highest BCUT2D eigenvalue weighted by molar-refractivity contribution is 4.72. The quantitative estimate of drug-likeness (QED) is 0.635. The van der Waals surface area contributed by atoms with Gasteiger partial charge in [0.25, 0.3) is 0 Å². The molecule has 1 N–H and O–H groups in total.